The second-order valence-corrected chi connectivity index (χ2v) is 8.33. The van der Waals surface area contributed by atoms with Gasteiger partial charge in [0.25, 0.3) is 5.91 Å². The van der Waals surface area contributed by atoms with Crippen LogP contribution in [-0.4, -0.2) is 38.1 Å². The van der Waals surface area contributed by atoms with Crippen LogP contribution in [0.1, 0.15) is 33.1 Å². The van der Waals surface area contributed by atoms with Crippen molar-refractivity contribution in [3.63, 3.8) is 0 Å². The Hall–Kier alpha value is -3.09. The number of fused-ring (bicyclic) bond motifs is 1. The second kappa shape index (κ2) is 10.2. The monoisotopic (exact) mass is 468 g/mol. The Morgan fingerprint density at radius 1 is 1.09 bits per heavy atom. The number of amides is 1. The van der Waals surface area contributed by atoms with E-state index in [0.717, 1.165) is 17.5 Å². The van der Waals surface area contributed by atoms with Gasteiger partial charge >= 0.3 is 0 Å². The van der Waals surface area contributed by atoms with E-state index in [1.807, 2.05) is 18.2 Å². The van der Waals surface area contributed by atoms with Crippen LogP contribution in [0.15, 0.2) is 60.7 Å². The summed E-state index contributed by atoms with van der Waals surface area (Å²) >= 11 is 6.20. The summed E-state index contributed by atoms with van der Waals surface area (Å²) in [4.78, 5) is 15.0. The molecule has 5 nitrogen and oxygen atoms in total. The molecule has 3 aromatic rings. The summed E-state index contributed by atoms with van der Waals surface area (Å²) in [6.07, 6.45) is 0.777. The lowest BCUT2D eigenvalue weighted by molar-refractivity contribution is 0.0925. The molecule has 172 valence electrons. The maximum Gasteiger partial charge on any atom is 0.252 e. The molecular formula is C26H26ClFN2O3. The standard InChI is InChI=1S/C26H26ClFN2O3/c1-32-24-13-17-11-12-30(16-18-7-3-6-10-22(18)28)23(20(17)14-25(24)33-2)15-29-26(31)19-8-4-5-9-21(19)27/h3-10,13-14,23H,11-12,15-16H2,1-2H3,(H,29,31)/t23-/m0/s1. The van der Waals surface area contributed by atoms with Crippen molar-refractivity contribution in [1.29, 1.82) is 0 Å². The Morgan fingerprint density at radius 3 is 2.52 bits per heavy atom. The average Bonchev–Trinajstić information content (AvgIpc) is 2.83. The minimum atomic E-state index is -0.251. The Bertz CT molecular complexity index is 1150. The van der Waals surface area contributed by atoms with E-state index >= 15 is 0 Å². The Labute approximate surface area is 198 Å². The fourth-order valence-electron chi connectivity index (χ4n) is 4.28. The zero-order valence-electron chi connectivity index (χ0n) is 18.6. The van der Waals surface area contributed by atoms with Gasteiger partial charge in [-0.15, -0.1) is 0 Å². The van der Waals surface area contributed by atoms with Crippen LogP contribution in [0, 0.1) is 5.82 Å². The van der Waals surface area contributed by atoms with Crippen LogP contribution < -0.4 is 14.8 Å². The largest absolute Gasteiger partial charge is 0.493 e. The van der Waals surface area contributed by atoms with Crippen molar-refractivity contribution >= 4 is 17.5 Å². The molecule has 33 heavy (non-hydrogen) atoms. The molecule has 0 unspecified atom stereocenters. The van der Waals surface area contributed by atoms with Crippen LogP contribution in [0.25, 0.3) is 0 Å². The van der Waals surface area contributed by atoms with Crippen LogP contribution >= 0.6 is 11.6 Å². The van der Waals surface area contributed by atoms with E-state index in [1.165, 1.54) is 6.07 Å². The van der Waals surface area contributed by atoms with E-state index in [2.05, 4.69) is 10.2 Å². The van der Waals surface area contributed by atoms with Gasteiger partial charge in [-0.25, -0.2) is 4.39 Å². The van der Waals surface area contributed by atoms with E-state index in [9.17, 15) is 9.18 Å². The molecule has 0 fully saturated rings. The van der Waals surface area contributed by atoms with Crippen LogP contribution in [0.3, 0.4) is 0 Å². The second-order valence-electron chi connectivity index (χ2n) is 7.92. The minimum Gasteiger partial charge on any atom is -0.493 e. The van der Waals surface area contributed by atoms with Gasteiger partial charge in [-0.05, 0) is 47.9 Å². The third-order valence-corrected chi connectivity index (χ3v) is 6.35. The molecule has 0 radical (unpaired) electrons. The smallest absolute Gasteiger partial charge is 0.252 e. The minimum absolute atomic E-state index is 0.181. The lowest BCUT2D eigenvalue weighted by atomic mass is 9.91. The maximum absolute atomic E-state index is 14.4. The molecule has 0 saturated heterocycles. The molecule has 0 aromatic heterocycles. The zero-order chi connectivity index (χ0) is 23.4. The predicted octanol–water partition coefficient (Wildman–Crippen LogP) is 5.03. The SMILES string of the molecule is COc1cc2c(cc1OC)[C@H](CNC(=O)c1ccccc1Cl)N(Cc1ccccc1F)CC2. The topological polar surface area (TPSA) is 50.8 Å². The molecule has 1 aliphatic heterocycles. The number of hydrogen-bond donors (Lipinski definition) is 1. The number of benzene rings is 3. The van der Waals surface area contributed by atoms with Gasteiger partial charge in [-0.1, -0.05) is 41.9 Å². The lowest BCUT2D eigenvalue weighted by Crippen LogP contribution is -2.42. The van der Waals surface area contributed by atoms with Gasteiger partial charge in [-0.2, -0.15) is 0 Å². The third-order valence-electron chi connectivity index (χ3n) is 6.02. The van der Waals surface area contributed by atoms with Gasteiger partial charge in [0.15, 0.2) is 11.5 Å². The average molecular weight is 469 g/mol. The lowest BCUT2D eigenvalue weighted by Gasteiger charge is -2.38. The summed E-state index contributed by atoms with van der Waals surface area (Å²) in [5.74, 6) is 0.789. The first-order valence-electron chi connectivity index (χ1n) is 10.8. The number of halogens is 2. The van der Waals surface area contributed by atoms with Gasteiger partial charge in [-0.3, -0.25) is 9.69 Å². The number of nitrogens with one attached hydrogen (secondary N) is 1. The van der Waals surface area contributed by atoms with Crippen LogP contribution in [0.4, 0.5) is 4.39 Å². The highest BCUT2D eigenvalue weighted by atomic mass is 35.5. The van der Waals surface area contributed by atoms with Crippen molar-refractivity contribution in [2.45, 2.75) is 19.0 Å². The highest BCUT2D eigenvalue weighted by Gasteiger charge is 2.30. The van der Waals surface area contributed by atoms with Crippen molar-refractivity contribution in [1.82, 2.24) is 10.2 Å². The molecule has 1 atom stereocenters. The first-order valence-corrected chi connectivity index (χ1v) is 11.1. The summed E-state index contributed by atoms with van der Waals surface area (Å²) in [5, 5.41) is 3.41. The van der Waals surface area contributed by atoms with Gasteiger partial charge in [0.05, 0.1) is 30.8 Å². The third kappa shape index (κ3) is 4.97. The highest BCUT2D eigenvalue weighted by Crippen LogP contribution is 2.38. The number of nitrogens with zero attached hydrogens (tertiary/aromatic N) is 1. The Balaban J connectivity index is 1.65. The van der Waals surface area contributed by atoms with Crippen LogP contribution in [-0.2, 0) is 13.0 Å². The number of rotatable bonds is 7. The van der Waals surface area contributed by atoms with E-state index in [1.54, 1.807) is 50.6 Å². The Morgan fingerprint density at radius 2 is 1.79 bits per heavy atom. The molecule has 1 N–H and O–H groups in total. The predicted molar refractivity (Wildman–Crippen MR) is 127 cm³/mol. The van der Waals surface area contributed by atoms with Gasteiger partial charge in [0, 0.05) is 25.2 Å². The van der Waals surface area contributed by atoms with Gasteiger partial charge in [0.1, 0.15) is 5.82 Å². The van der Waals surface area contributed by atoms with Crippen molar-refractivity contribution in [3.8, 4) is 11.5 Å². The first kappa shape index (κ1) is 23.1. The molecular weight excluding hydrogens is 443 g/mol. The fourth-order valence-corrected chi connectivity index (χ4v) is 4.51. The fraction of sp³-hybridized carbons (Fsp3) is 0.269. The van der Waals surface area contributed by atoms with E-state index in [4.69, 9.17) is 21.1 Å². The summed E-state index contributed by atoms with van der Waals surface area (Å²) in [6, 6.07) is 17.5. The molecule has 0 aliphatic carbocycles. The van der Waals surface area contributed by atoms with Gasteiger partial charge in [0.2, 0.25) is 0 Å². The van der Waals surface area contributed by atoms with E-state index in [0.29, 0.717) is 47.3 Å². The zero-order valence-corrected chi connectivity index (χ0v) is 19.4. The first-order chi connectivity index (χ1) is 16.0. The molecule has 7 heteroatoms. The van der Waals surface area contributed by atoms with E-state index < -0.39 is 0 Å². The molecule has 4 rings (SSSR count). The quantitative estimate of drug-likeness (QED) is 0.528. The van der Waals surface area contributed by atoms with Crippen molar-refractivity contribution in [2.24, 2.45) is 0 Å². The van der Waals surface area contributed by atoms with Crippen LogP contribution in [0.2, 0.25) is 5.02 Å². The molecule has 0 spiro atoms. The van der Waals surface area contributed by atoms with Gasteiger partial charge < -0.3 is 14.8 Å². The number of ether oxygens (including phenoxy) is 2. The summed E-state index contributed by atoms with van der Waals surface area (Å²) < 4.78 is 25.4. The summed E-state index contributed by atoms with van der Waals surface area (Å²) in [6.45, 7) is 1.47. The normalized spacial score (nSPS) is 15.6. The Kier molecular flexibility index (Phi) is 7.16. The molecule has 1 heterocycles. The van der Waals surface area contributed by atoms with E-state index in [-0.39, 0.29) is 17.8 Å². The summed E-state index contributed by atoms with van der Waals surface area (Å²) in [5.41, 5.74) is 3.18. The summed E-state index contributed by atoms with van der Waals surface area (Å²) in [7, 11) is 3.21. The molecule has 1 amide bonds. The van der Waals surface area contributed by atoms with Crippen LogP contribution in [0.5, 0.6) is 11.5 Å². The number of hydrogen-bond acceptors (Lipinski definition) is 4. The van der Waals surface area contributed by atoms with Crippen molar-refractivity contribution < 1.29 is 18.7 Å². The number of carbonyl (C=O) groups is 1. The highest BCUT2D eigenvalue weighted by molar-refractivity contribution is 6.33. The molecule has 3 aromatic carbocycles. The van der Waals surface area contributed by atoms with Crippen molar-refractivity contribution in [3.05, 3.63) is 93.8 Å². The molecule has 0 bridgehead atoms. The number of methoxy groups -OCH3 is 2. The maximum atomic E-state index is 14.4. The van der Waals surface area contributed by atoms with Crippen molar-refractivity contribution in [2.75, 3.05) is 27.3 Å². The molecule has 0 saturated carbocycles. The number of carbonyl (C=O) groups excluding carboxylic acids is 1. The molecule has 1 aliphatic rings.